The van der Waals surface area contributed by atoms with Gasteiger partial charge >= 0.3 is 20.1 Å². The molecule has 51 heavy (non-hydrogen) atoms. The maximum atomic E-state index is 5.09. The Kier molecular flexibility index (Phi) is 10.3. The van der Waals surface area contributed by atoms with Crippen molar-refractivity contribution < 1.29 is 20.1 Å². The Hall–Kier alpha value is -6.00. The monoisotopic (exact) mass is 834 g/mol. The van der Waals surface area contributed by atoms with E-state index in [-0.39, 0.29) is 20.1 Å². The zero-order chi connectivity index (χ0) is 33.5. The van der Waals surface area contributed by atoms with Crippen molar-refractivity contribution in [3.63, 3.8) is 0 Å². The largest absolute Gasteiger partial charge is 3.00 e. The minimum atomic E-state index is 0. The second kappa shape index (κ2) is 15.7. The van der Waals surface area contributed by atoms with E-state index >= 15 is 0 Å². The summed E-state index contributed by atoms with van der Waals surface area (Å²) in [5.41, 5.74) is 12.0. The van der Waals surface area contributed by atoms with Gasteiger partial charge in [0.05, 0.1) is 11.4 Å². The normalized spacial score (nSPS) is 11.6. The van der Waals surface area contributed by atoms with Crippen LogP contribution in [0.5, 0.6) is 0 Å². The topological polar surface area (TPSA) is 24.3 Å². The number of hydrogen-bond acceptors (Lipinski definition) is 3. The summed E-state index contributed by atoms with van der Waals surface area (Å²) in [7, 11) is 0. The Balaban J connectivity index is 0.000000164. The fourth-order valence-electron chi connectivity index (χ4n) is 6.28. The molecule has 0 unspecified atom stereocenters. The van der Waals surface area contributed by atoms with Crippen LogP contribution in [0, 0.1) is 18.8 Å². The van der Waals surface area contributed by atoms with Gasteiger partial charge in [0.1, 0.15) is 0 Å². The van der Waals surface area contributed by atoms with Crippen molar-refractivity contribution in [3.05, 3.63) is 213 Å². The minimum Gasteiger partial charge on any atom is -0.493 e. The maximum absolute atomic E-state index is 5.09. The third-order valence-corrected chi connectivity index (χ3v) is 8.58. The van der Waals surface area contributed by atoms with Gasteiger partial charge in [-0.15, -0.1) is 48.3 Å². The van der Waals surface area contributed by atoms with Crippen LogP contribution in [0.25, 0.3) is 39.3 Å². The first-order chi connectivity index (χ1) is 24.8. The van der Waals surface area contributed by atoms with E-state index in [0.717, 1.165) is 50.7 Å². The predicted octanol–water partition coefficient (Wildman–Crippen LogP) is 11.6. The van der Waals surface area contributed by atoms with Crippen molar-refractivity contribution in [2.75, 3.05) is 9.80 Å². The van der Waals surface area contributed by atoms with Gasteiger partial charge in [-0.2, -0.15) is 30.3 Å². The molecule has 0 atom stereocenters. The molecule has 8 aromatic rings. The number of aromatic nitrogens is 2. The molecular formula is C46H33IrN4. The molecule has 0 saturated carbocycles. The summed E-state index contributed by atoms with van der Waals surface area (Å²) in [6.07, 6.45) is 0. The summed E-state index contributed by atoms with van der Waals surface area (Å²) in [6, 6.07) is 72.7. The standard InChI is InChI=1S/C27H19N2.C19H14N2.Ir/c1-5-13-21(14-6-1)25-26(22-15-7-2-8-16-22)28-29(24-19-11-4-12-20-24)27(25)23-17-9-3-10-18-23;1-3-9-16(10-4-1)20-15-21(17-11-5-2-6-12-17)19-14-8-7-13-18(19)20;/h1-15,17-20H;1-11,13-15H;/q-1;-2;+3. The molecule has 1 aliphatic heterocycles. The molecule has 0 radical (unpaired) electrons. The van der Waals surface area contributed by atoms with Crippen LogP contribution in [0.3, 0.4) is 0 Å². The predicted molar refractivity (Wildman–Crippen MR) is 205 cm³/mol. The number of rotatable bonds is 6. The van der Waals surface area contributed by atoms with Crippen molar-refractivity contribution in [3.8, 4) is 39.3 Å². The summed E-state index contributed by atoms with van der Waals surface area (Å²) in [4.78, 5) is 4.37. The van der Waals surface area contributed by atoms with Crippen molar-refractivity contribution in [1.82, 2.24) is 9.78 Å². The van der Waals surface area contributed by atoms with Crippen LogP contribution >= 0.6 is 0 Å². The van der Waals surface area contributed by atoms with E-state index in [4.69, 9.17) is 5.10 Å². The van der Waals surface area contributed by atoms with Gasteiger partial charge < -0.3 is 9.80 Å². The van der Waals surface area contributed by atoms with Crippen molar-refractivity contribution in [2.24, 2.45) is 0 Å². The summed E-state index contributed by atoms with van der Waals surface area (Å²) >= 11 is 0. The molecule has 0 fully saturated rings. The molecule has 2 heterocycles. The fraction of sp³-hybridized carbons (Fsp3) is 0. The third-order valence-electron chi connectivity index (χ3n) is 8.58. The molecule has 0 aliphatic carbocycles. The molecule has 0 amide bonds. The van der Waals surface area contributed by atoms with E-state index in [1.807, 2.05) is 77.5 Å². The van der Waals surface area contributed by atoms with E-state index in [0.29, 0.717) is 0 Å². The van der Waals surface area contributed by atoms with Crippen LogP contribution in [0.15, 0.2) is 194 Å². The summed E-state index contributed by atoms with van der Waals surface area (Å²) in [5.74, 6) is 0. The molecule has 0 N–H and O–H groups in total. The molecular weight excluding hydrogens is 801 g/mol. The van der Waals surface area contributed by atoms with Crippen LogP contribution in [-0.4, -0.2) is 9.78 Å². The Labute approximate surface area is 313 Å². The van der Waals surface area contributed by atoms with Gasteiger partial charge in [-0.3, -0.25) is 0 Å². The molecule has 1 aromatic heterocycles. The van der Waals surface area contributed by atoms with Gasteiger partial charge in [0.25, 0.3) is 0 Å². The van der Waals surface area contributed by atoms with E-state index < -0.39 is 0 Å². The van der Waals surface area contributed by atoms with Gasteiger partial charge in [-0.05, 0) is 47.5 Å². The molecule has 9 rings (SSSR count). The molecule has 0 spiro atoms. The number of benzene rings is 7. The first-order valence-corrected chi connectivity index (χ1v) is 16.7. The summed E-state index contributed by atoms with van der Waals surface area (Å²) in [6.45, 7) is 2.12. The minimum absolute atomic E-state index is 0. The molecule has 5 heteroatoms. The Morgan fingerprint density at radius 1 is 0.451 bits per heavy atom. The smallest absolute Gasteiger partial charge is 0.493 e. The Morgan fingerprint density at radius 2 is 0.961 bits per heavy atom. The zero-order valence-electron chi connectivity index (χ0n) is 27.7. The Morgan fingerprint density at radius 3 is 1.55 bits per heavy atom. The van der Waals surface area contributed by atoms with Crippen molar-refractivity contribution in [1.29, 1.82) is 0 Å². The van der Waals surface area contributed by atoms with Gasteiger partial charge in [0.15, 0.2) is 0 Å². The number of nitrogens with zero attached hydrogens (tertiary/aromatic N) is 4. The second-order valence-electron chi connectivity index (χ2n) is 11.8. The zero-order valence-corrected chi connectivity index (χ0v) is 30.1. The fourth-order valence-corrected chi connectivity index (χ4v) is 6.28. The quantitative estimate of drug-likeness (QED) is 0.156. The van der Waals surface area contributed by atoms with Crippen LogP contribution in [0.2, 0.25) is 0 Å². The molecule has 1 aliphatic rings. The van der Waals surface area contributed by atoms with Crippen molar-refractivity contribution in [2.45, 2.75) is 0 Å². The Bertz CT molecular complexity index is 2110. The third kappa shape index (κ3) is 7.04. The maximum Gasteiger partial charge on any atom is 3.00 e. The van der Waals surface area contributed by atoms with E-state index in [1.165, 1.54) is 11.4 Å². The molecule has 0 saturated heterocycles. The van der Waals surface area contributed by atoms with Gasteiger partial charge in [0.2, 0.25) is 0 Å². The van der Waals surface area contributed by atoms with Crippen LogP contribution in [0.4, 0.5) is 22.7 Å². The van der Waals surface area contributed by atoms with E-state index in [1.54, 1.807) is 0 Å². The number of fused-ring (bicyclic) bond motifs is 1. The van der Waals surface area contributed by atoms with E-state index in [2.05, 4.69) is 150 Å². The second-order valence-corrected chi connectivity index (χ2v) is 11.8. The van der Waals surface area contributed by atoms with Gasteiger partial charge in [0, 0.05) is 28.3 Å². The van der Waals surface area contributed by atoms with Crippen LogP contribution in [-0.2, 0) is 20.1 Å². The van der Waals surface area contributed by atoms with Crippen LogP contribution in [0.1, 0.15) is 0 Å². The molecule has 0 bridgehead atoms. The summed E-state index contributed by atoms with van der Waals surface area (Å²) in [5, 5.41) is 5.09. The first-order valence-electron chi connectivity index (χ1n) is 16.7. The van der Waals surface area contributed by atoms with E-state index in [9.17, 15) is 0 Å². The molecule has 7 aromatic carbocycles. The van der Waals surface area contributed by atoms with Gasteiger partial charge in [-0.1, -0.05) is 109 Å². The molecule has 4 nitrogen and oxygen atoms in total. The average Bonchev–Trinajstić information content (AvgIpc) is 3.81. The van der Waals surface area contributed by atoms with Crippen LogP contribution < -0.4 is 9.80 Å². The average molecular weight is 834 g/mol. The van der Waals surface area contributed by atoms with Crippen molar-refractivity contribution >= 4 is 22.7 Å². The number of anilines is 4. The first kappa shape index (κ1) is 33.5. The molecule has 246 valence electrons. The number of para-hydroxylation sites is 5. The SMILES string of the molecule is [Ir+3].[c-]1ccccc1-c1nn(-c2ccccc2)c(-c2ccccc2)c1-c1ccccc1.[c-]1ccccc1N1[CH-]N(c2ccccc2)c2ccccc21. The summed E-state index contributed by atoms with van der Waals surface area (Å²) < 4.78 is 2.05. The van der Waals surface area contributed by atoms with Gasteiger partial charge in [-0.25, -0.2) is 9.78 Å². The number of hydrogen-bond donors (Lipinski definition) is 0.